The fraction of sp³-hybridized carbons (Fsp3) is 0.381. The molecule has 0 radical (unpaired) electrons. The monoisotopic (exact) mass is 554 g/mol. The van der Waals surface area contributed by atoms with Crippen molar-refractivity contribution in [2.24, 2.45) is 0 Å². The number of nitrogens with one attached hydrogen (secondary N) is 2. The van der Waals surface area contributed by atoms with Crippen LogP contribution in [0.2, 0.25) is 10.8 Å². The molecule has 12 heteroatoms. The van der Waals surface area contributed by atoms with E-state index in [1.54, 1.807) is 32.9 Å². The minimum Gasteiger partial charge on any atom is -0.384 e. The zero-order chi connectivity index (χ0) is 24.5. The Balaban J connectivity index is 1.92. The zero-order valence-corrected chi connectivity index (χ0v) is 21.3. The van der Waals surface area contributed by atoms with E-state index in [0.717, 1.165) is 0 Å². The first-order valence-corrected chi connectivity index (χ1v) is 12.5. The Bertz CT molecular complexity index is 1120. The molecule has 2 N–H and O–H groups in total. The lowest BCUT2D eigenvalue weighted by atomic mass is 9.58. The van der Waals surface area contributed by atoms with Crippen LogP contribution in [-0.4, -0.2) is 32.6 Å². The number of nitro groups is 1. The molecule has 4 atom stereocenters. The molecule has 1 aliphatic heterocycles. The molecule has 1 saturated heterocycles. The van der Waals surface area contributed by atoms with E-state index in [2.05, 4.69) is 32.0 Å². The van der Waals surface area contributed by atoms with Gasteiger partial charge in [-0.05, 0) is 62.7 Å². The highest BCUT2D eigenvalue weighted by atomic mass is 79.9. The largest absolute Gasteiger partial charge is 0.384 e. The van der Waals surface area contributed by atoms with Crippen LogP contribution in [0, 0.1) is 27.3 Å². The third-order valence-electron chi connectivity index (χ3n) is 5.45. The molecule has 1 heterocycles. The maximum Gasteiger partial charge on any atom is 0.292 e. The standard InChI is InChI=1S/C21H22BBrClFN4O3S/c1-21(2,3)33(32)28-13(11-26)10-14-20(22(14)19-15(23)5-4-6-16(19)25)27-17-9-12(24)7-8-18(17)29(30)31/h4-9,13-14,20,27-28H,10H2,1-3H3/t13?,14?,20-,33-/m1/s1. The minimum absolute atomic E-state index is 0.153. The first-order valence-electron chi connectivity index (χ1n) is 10.2. The molecule has 174 valence electrons. The quantitative estimate of drug-likeness (QED) is 0.282. The summed E-state index contributed by atoms with van der Waals surface area (Å²) in [6.07, 6.45) is 0.274. The van der Waals surface area contributed by atoms with E-state index in [1.165, 1.54) is 24.3 Å². The highest BCUT2D eigenvalue weighted by Crippen LogP contribution is 2.45. The summed E-state index contributed by atoms with van der Waals surface area (Å²) in [5.74, 6) is -1.05. The van der Waals surface area contributed by atoms with Crippen LogP contribution >= 0.6 is 27.5 Å². The molecule has 3 rings (SSSR count). The van der Waals surface area contributed by atoms with Gasteiger partial charge < -0.3 is 5.32 Å². The van der Waals surface area contributed by atoms with Crippen LogP contribution in [0.1, 0.15) is 27.2 Å². The van der Waals surface area contributed by atoms with Gasteiger partial charge in [0, 0.05) is 21.5 Å². The smallest absolute Gasteiger partial charge is 0.292 e. The fourth-order valence-corrected chi connectivity index (χ4v) is 5.29. The van der Waals surface area contributed by atoms with E-state index in [9.17, 15) is 24.0 Å². The molecular weight excluding hydrogens is 533 g/mol. The molecule has 0 amide bonds. The van der Waals surface area contributed by atoms with Crippen molar-refractivity contribution < 1.29 is 13.5 Å². The number of nitriles is 1. The minimum atomic E-state index is -1.47. The third kappa shape index (κ3) is 5.93. The van der Waals surface area contributed by atoms with Gasteiger partial charge in [-0.3, -0.25) is 10.1 Å². The molecule has 0 aliphatic carbocycles. The molecule has 0 saturated carbocycles. The Labute approximate surface area is 208 Å². The number of nitro benzene ring substituents is 1. The van der Waals surface area contributed by atoms with Crippen molar-refractivity contribution in [2.45, 2.75) is 49.7 Å². The van der Waals surface area contributed by atoms with Crippen molar-refractivity contribution in [1.82, 2.24) is 4.72 Å². The topological polar surface area (TPSA) is 108 Å². The van der Waals surface area contributed by atoms with Crippen LogP contribution < -0.4 is 15.5 Å². The molecule has 7 nitrogen and oxygen atoms in total. The average molecular weight is 556 g/mol. The maximum atomic E-state index is 14.8. The molecule has 2 aromatic rings. The summed E-state index contributed by atoms with van der Waals surface area (Å²) in [5, 5.41) is 24.6. The van der Waals surface area contributed by atoms with Crippen LogP contribution in [-0.2, 0) is 11.0 Å². The van der Waals surface area contributed by atoms with Crippen LogP contribution in [0.5, 0.6) is 0 Å². The number of hydrogen-bond donors (Lipinski definition) is 2. The van der Waals surface area contributed by atoms with Crippen molar-refractivity contribution in [2.75, 3.05) is 5.32 Å². The number of rotatable bonds is 8. The predicted octanol–water partition coefficient (Wildman–Crippen LogP) is 4.59. The zero-order valence-electron chi connectivity index (χ0n) is 18.1. The highest BCUT2D eigenvalue weighted by Gasteiger charge is 2.57. The highest BCUT2D eigenvalue weighted by molar-refractivity contribution is 9.10. The Hall–Kier alpha value is -2.00. The Morgan fingerprint density at radius 1 is 1.39 bits per heavy atom. The van der Waals surface area contributed by atoms with Gasteiger partial charge in [-0.15, -0.1) is 0 Å². The van der Waals surface area contributed by atoms with Gasteiger partial charge in [0.05, 0.1) is 26.7 Å². The van der Waals surface area contributed by atoms with Crippen molar-refractivity contribution in [3.8, 4) is 6.07 Å². The molecule has 2 unspecified atom stereocenters. The maximum absolute atomic E-state index is 14.8. The Morgan fingerprint density at radius 3 is 2.67 bits per heavy atom. The van der Waals surface area contributed by atoms with Gasteiger partial charge in [-0.25, -0.2) is 13.3 Å². The summed E-state index contributed by atoms with van der Waals surface area (Å²) in [7, 11) is -1.47. The number of nitrogens with zero attached hydrogens (tertiary/aromatic N) is 2. The van der Waals surface area contributed by atoms with E-state index in [4.69, 9.17) is 11.6 Å². The Kier molecular flexibility index (Phi) is 7.84. The van der Waals surface area contributed by atoms with Crippen molar-refractivity contribution >= 4 is 62.1 Å². The molecule has 33 heavy (non-hydrogen) atoms. The fourth-order valence-electron chi connectivity index (χ4n) is 3.75. The summed E-state index contributed by atoms with van der Waals surface area (Å²) >= 11 is 9.46. The third-order valence-corrected chi connectivity index (χ3v) is 7.99. The number of halogens is 3. The summed E-state index contributed by atoms with van der Waals surface area (Å²) in [4.78, 5) is 11.0. The van der Waals surface area contributed by atoms with Crippen molar-refractivity contribution in [3.05, 3.63) is 61.8 Å². The molecule has 0 spiro atoms. The summed E-state index contributed by atoms with van der Waals surface area (Å²) in [5.41, 5.74) is 0.496. The summed E-state index contributed by atoms with van der Waals surface area (Å²) < 4.78 is 30.1. The van der Waals surface area contributed by atoms with Gasteiger partial charge in [0.2, 0.25) is 6.71 Å². The lowest BCUT2D eigenvalue weighted by Crippen LogP contribution is -2.39. The SMILES string of the molecule is CC(C)(C)[S@@](=O)NC(C#N)CC1B(c2c(F)cccc2Br)[C@@H]1Nc1cc(Cl)ccc1[N+](=O)[O-]. The number of anilines is 1. The second-order valence-electron chi connectivity index (χ2n) is 8.83. The van der Waals surface area contributed by atoms with E-state index < -0.39 is 38.5 Å². The molecular formula is C21H22BBrClFN4O3S. The second kappa shape index (κ2) is 10.1. The first-order chi connectivity index (χ1) is 15.4. The van der Waals surface area contributed by atoms with E-state index >= 15 is 0 Å². The Morgan fingerprint density at radius 2 is 2.09 bits per heavy atom. The van der Waals surface area contributed by atoms with Gasteiger partial charge in [0.25, 0.3) is 5.69 Å². The number of benzene rings is 2. The van der Waals surface area contributed by atoms with Gasteiger partial charge in [0.15, 0.2) is 0 Å². The predicted molar refractivity (Wildman–Crippen MR) is 134 cm³/mol. The van der Waals surface area contributed by atoms with Crippen LogP contribution in [0.15, 0.2) is 40.9 Å². The van der Waals surface area contributed by atoms with Gasteiger partial charge in [0.1, 0.15) is 17.5 Å². The normalized spacial score (nSPS) is 19.5. The van der Waals surface area contributed by atoms with Gasteiger partial charge in [-0.1, -0.05) is 33.6 Å². The van der Waals surface area contributed by atoms with Crippen molar-refractivity contribution in [3.63, 3.8) is 0 Å². The first kappa shape index (κ1) is 25.6. The number of hydrogen-bond acceptors (Lipinski definition) is 5. The van der Waals surface area contributed by atoms with Gasteiger partial charge >= 0.3 is 0 Å². The summed E-state index contributed by atoms with van der Waals surface area (Å²) in [6.45, 7) is 5.02. The van der Waals surface area contributed by atoms with Crippen molar-refractivity contribution in [1.29, 1.82) is 5.26 Å². The molecule has 0 aromatic heterocycles. The lowest BCUT2D eigenvalue weighted by Gasteiger charge is -2.21. The van der Waals surface area contributed by atoms with Crippen LogP contribution in [0.25, 0.3) is 0 Å². The van der Waals surface area contributed by atoms with Crippen LogP contribution in [0.3, 0.4) is 0 Å². The lowest BCUT2D eigenvalue weighted by molar-refractivity contribution is -0.384. The molecule has 2 aromatic carbocycles. The molecule has 0 bridgehead atoms. The van der Waals surface area contributed by atoms with E-state index in [0.29, 0.717) is 15.0 Å². The molecule has 1 aliphatic rings. The summed E-state index contributed by atoms with van der Waals surface area (Å²) in [6, 6.07) is 10.2. The van der Waals surface area contributed by atoms with Crippen LogP contribution in [0.4, 0.5) is 15.8 Å². The van der Waals surface area contributed by atoms with E-state index in [-0.39, 0.29) is 30.3 Å². The second-order valence-corrected chi connectivity index (χ2v) is 12.1. The van der Waals surface area contributed by atoms with E-state index in [1.807, 2.05) is 0 Å². The average Bonchev–Trinajstić information content (AvgIpc) is 3.37. The van der Waals surface area contributed by atoms with Gasteiger partial charge in [-0.2, -0.15) is 5.26 Å². The molecule has 1 fully saturated rings.